The fourth-order valence-corrected chi connectivity index (χ4v) is 3.45. The number of anilines is 1. The summed E-state index contributed by atoms with van der Waals surface area (Å²) < 4.78 is 0. The van der Waals surface area contributed by atoms with E-state index in [0.29, 0.717) is 5.69 Å². The van der Waals surface area contributed by atoms with Crippen LogP contribution in [0, 0.1) is 0 Å². The molecular weight excluding hydrogens is 294 g/mol. The van der Waals surface area contributed by atoms with Gasteiger partial charge in [0.1, 0.15) is 5.75 Å². The zero-order chi connectivity index (χ0) is 14.1. The Hall–Kier alpha value is -1.65. The van der Waals surface area contributed by atoms with Crippen molar-refractivity contribution in [2.24, 2.45) is 0 Å². The molecule has 0 radical (unpaired) electrons. The summed E-state index contributed by atoms with van der Waals surface area (Å²) in [5.74, 6) is -0.0975. The lowest BCUT2D eigenvalue weighted by molar-refractivity contribution is -0.115. The second-order valence-electron chi connectivity index (χ2n) is 4.57. The minimum atomic E-state index is -0.134. The van der Waals surface area contributed by atoms with Gasteiger partial charge in [-0.05, 0) is 30.2 Å². The van der Waals surface area contributed by atoms with Gasteiger partial charge in [0.15, 0.2) is 0 Å². The number of carbonyl (C=O) groups excluding carboxylic acids is 1. The summed E-state index contributed by atoms with van der Waals surface area (Å²) >= 11 is 7.31. The van der Waals surface area contributed by atoms with Crippen LogP contribution in [0.2, 0.25) is 5.02 Å². The number of hydrogen-bond donors (Lipinski definition) is 2. The highest BCUT2D eigenvalue weighted by Crippen LogP contribution is 2.37. The summed E-state index contributed by atoms with van der Waals surface area (Å²) in [5.41, 5.74) is 1.75. The molecule has 3 rings (SSSR count). The zero-order valence-electron chi connectivity index (χ0n) is 10.5. The average molecular weight is 306 g/mol. The van der Waals surface area contributed by atoms with Crippen LogP contribution in [0.4, 0.5) is 5.69 Å². The van der Waals surface area contributed by atoms with E-state index in [2.05, 4.69) is 5.32 Å². The minimum absolute atomic E-state index is 0.0353. The zero-order valence-corrected chi connectivity index (χ0v) is 12.0. The fourth-order valence-electron chi connectivity index (χ4n) is 2.14. The van der Waals surface area contributed by atoms with E-state index in [0.717, 1.165) is 11.3 Å². The smallest absolute Gasteiger partial charge is 0.238 e. The van der Waals surface area contributed by atoms with Gasteiger partial charge in [0, 0.05) is 16.6 Å². The maximum absolute atomic E-state index is 12.2. The van der Waals surface area contributed by atoms with Gasteiger partial charge in [0.25, 0.3) is 0 Å². The Morgan fingerprint density at radius 1 is 1.30 bits per heavy atom. The van der Waals surface area contributed by atoms with E-state index in [9.17, 15) is 9.90 Å². The number of fused-ring (bicyclic) bond motifs is 1. The first-order valence-corrected chi connectivity index (χ1v) is 7.43. The number of halogens is 1. The van der Waals surface area contributed by atoms with Crippen LogP contribution in [-0.4, -0.2) is 16.3 Å². The van der Waals surface area contributed by atoms with Gasteiger partial charge in [-0.2, -0.15) is 0 Å². The number of amides is 1. The normalized spacial score (nSPS) is 16.8. The summed E-state index contributed by atoms with van der Waals surface area (Å²) in [5, 5.41) is 12.5. The summed E-state index contributed by atoms with van der Waals surface area (Å²) in [6, 6.07) is 12.7. The average Bonchev–Trinajstić information content (AvgIpc) is 2.87. The first-order chi connectivity index (χ1) is 9.63. The number of carbonyl (C=O) groups is 1. The Morgan fingerprint density at radius 2 is 2.10 bits per heavy atom. The number of phenols is 1. The van der Waals surface area contributed by atoms with Crippen molar-refractivity contribution < 1.29 is 9.90 Å². The molecule has 20 heavy (non-hydrogen) atoms. The third-order valence-corrected chi connectivity index (χ3v) is 4.79. The molecule has 0 aliphatic carbocycles. The van der Waals surface area contributed by atoms with Crippen LogP contribution < -0.4 is 5.32 Å². The molecule has 2 aromatic carbocycles. The molecule has 0 spiro atoms. The highest BCUT2D eigenvalue weighted by molar-refractivity contribution is 8.01. The van der Waals surface area contributed by atoms with Gasteiger partial charge >= 0.3 is 0 Å². The number of nitrogens with one attached hydrogen (secondary N) is 1. The predicted octanol–water partition coefficient (Wildman–Crippen LogP) is 3.70. The van der Waals surface area contributed by atoms with E-state index in [1.54, 1.807) is 23.9 Å². The monoisotopic (exact) mass is 305 g/mol. The van der Waals surface area contributed by atoms with Crippen molar-refractivity contribution in [2.45, 2.75) is 16.6 Å². The molecule has 1 amide bonds. The first kappa shape index (κ1) is 13.3. The maximum atomic E-state index is 12.2. The number of benzene rings is 2. The largest absolute Gasteiger partial charge is 0.506 e. The molecule has 0 fully saturated rings. The molecular formula is C15H12ClNO2S. The van der Waals surface area contributed by atoms with E-state index in [1.807, 2.05) is 24.3 Å². The second kappa shape index (κ2) is 5.38. The van der Waals surface area contributed by atoms with Crippen LogP contribution in [0.5, 0.6) is 5.75 Å². The van der Waals surface area contributed by atoms with Gasteiger partial charge in [0.05, 0.1) is 10.3 Å². The van der Waals surface area contributed by atoms with Crippen LogP contribution in [0.1, 0.15) is 5.56 Å². The summed E-state index contributed by atoms with van der Waals surface area (Å²) in [7, 11) is 0. The number of hydrogen-bond acceptors (Lipinski definition) is 3. The Labute approximate surface area is 126 Å². The van der Waals surface area contributed by atoms with Crippen LogP contribution in [0.25, 0.3) is 0 Å². The number of phenolic OH excluding ortho intramolecular Hbond substituents is 1. The molecule has 0 saturated heterocycles. The van der Waals surface area contributed by atoms with Crippen LogP contribution >= 0.6 is 23.4 Å². The number of thioether (sulfide) groups is 1. The summed E-state index contributed by atoms with van der Waals surface area (Å²) in [6.45, 7) is 0. The first-order valence-electron chi connectivity index (χ1n) is 6.17. The Balaban J connectivity index is 1.71. The van der Waals surface area contributed by atoms with Crippen LogP contribution in [0.15, 0.2) is 47.4 Å². The number of rotatable bonds is 2. The molecule has 5 heteroatoms. The van der Waals surface area contributed by atoms with Gasteiger partial charge in [0.2, 0.25) is 5.91 Å². The van der Waals surface area contributed by atoms with E-state index in [1.165, 1.54) is 11.6 Å². The summed E-state index contributed by atoms with van der Waals surface area (Å²) in [4.78, 5) is 13.4. The Bertz CT molecular complexity index is 650. The van der Waals surface area contributed by atoms with Gasteiger partial charge in [-0.25, -0.2) is 0 Å². The van der Waals surface area contributed by atoms with Crippen molar-refractivity contribution >= 4 is 35.0 Å². The van der Waals surface area contributed by atoms with Crippen LogP contribution in [-0.2, 0) is 11.2 Å². The van der Waals surface area contributed by atoms with Crippen molar-refractivity contribution in [3.63, 3.8) is 0 Å². The molecule has 1 aliphatic heterocycles. The fraction of sp³-hybridized carbons (Fsp3) is 0.133. The molecule has 2 aromatic rings. The van der Waals surface area contributed by atoms with Gasteiger partial charge in [-0.1, -0.05) is 29.8 Å². The second-order valence-corrected chi connectivity index (χ2v) is 6.23. The molecule has 1 heterocycles. The summed E-state index contributed by atoms with van der Waals surface area (Å²) in [6.07, 6.45) is 0.728. The van der Waals surface area contributed by atoms with E-state index >= 15 is 0 Å². The molecule has 1 atom stereocenters. The van der Waals surface area contributed by atoms with Crippen molar-refractivity contribution in [3.8, 4) is 5.75 Å². The minimum Gasteiger partial charge on any atom is -0.506 e. The third kappa shape index (κ3) is 2.62. The molecule has 3 nitrogen and oxygen atoms in total. The topological polar surface area (TPSA) is 49.3 Å². The molecule has 0 bridgehead atoms. The maximum Gasteiger partial charge on any atom is 0.238 e. The third-order valence-electron chi connectivity index (χ3n) is 3.15. The molecule has 1 aliphatic rings. The standard InChI is InChI=1S/C15H12ClNO2S/c16-11-6-5-10(8-12(11)18)17-15(19)14-7-9-3-1-2-4-13(9)20-14/h1-6,8,14,18H,7H2,(H,17,19). The molecule has 0 saturated carbocycles. The molecule has 2 N–H and O–H groups in total. The van der Waals surface area contributed by atoms with E-state index in [-0.39, 0.29) is 21.9 Å². The Kier molecular flexibility index (Phi) is 3.59. The number of aromatic hydroxyl groups is 1. The van der Waals surface area contributed by atoms with Crippen molar-refractivity contribution in [3.05, 3.63) is 53.1 Å². The van der Waals surface area contributed by atoms with Crippen LogP contribution in [0.3, 0.4) is 0 Å². The van der Waals surface area contributed by atoms with Gasteiger partial charge in [-0.3, -0.25) is 4.79 Å². The highest BCUT2D eigenvalue weighted by Gasteiger charge is 2.27. The SMILES string of the molecule is O=C(Nc1ccc(Cl)c(O)c1)C1Cc2ccccc2S1. The van der Waals surface area contributed by atoms with Crippen molar-refractivity contribution in [2.75, 3.05) is 5.32 Å². The van der Waals surface area contributed by atoms with Gasteiger partial charge in [-0.15, -0.1) is 11.8 Å². The van der Waals surface area contributed by atoms with Crippen molar-refractivity contribution in [1.29, 1.82) is 0 Å². The molecule has 1 unspecified atom stereocenters. The lowest BCUT2D eigenvalue weighted by atomic mass is 10.1. The van der Waals surface area contributed by atoms with E-state index in [4.69, 9.17) is 11.6 Å². The highest BCUT2D eigenvalue weighted by atomic mass is 35.5. The van der Waals surface area contributed by atoms with E-state index < -0.39 is 0 Å². The van der Waals surface area contributed by atoms with Gasteiger partial charge < -0.3 is 10.4 Å². The quantitative estimate of drug-likeness (QED) is 0.889. The molecule has 0 aromatic heterocycles. The van der Waals surface area contributed by atoms with Crippen molar-refractivity contribution in [1.82, 2.24) is 0 Å². The lowest BCUT2D eigenvalue weighted by Gasteiger charge is -2.10. The predicted molar refractivity (Wildman–Crippen MR) is 81.5 cm³/mol. The Morgan fingerprint density at radius 3 is 2.85 bits per heavy atom. The molecule has 102 valence electrons. The lowest BCUT2D eigenvalue weighted by Crippen LogP contribution is -2.24.